The summed E-state index contributed by atoms with van der Waals surface area (Å²) in [4.78, 5) is 27.4. The molecule has 4 heteroatoms. The smallest absolute Gasteiger partial charge is 0.205 e. The van der Waals surface area contributed by atoms with E-state index in [1.807, 2.05) is 0 Å². The lowest BCUT2D eigenvalue weighted by molar-refractivity contribution is 0.0977. The van der Waals surface area contributed by atoms with Crippen molar-refractivity contribution in [3.63, 3.8) is 0 Å². The highest BCUT2D eigenvalue weighted by Gasteiger charge is 2.25. The number of hydrogen-bond donors (Lipinski definition) is 0. The normalized spacial score (nSPS) is 14.7. The summed E-state index contributed by atoms with van der Waals surface area (Å²) in [7, 11) is 0. The van der Waals surface area contributed by atoms with Crippen molar-refractivity contribution in [3.8, 4) is 0 Å². The minimum Gasteiger partial charge on any atom is -0.289 e. The Kier molecular flexibility index (Phi) is 2.90. The summed E-state index contributed by atoms with van der Waals surface area (Å²) >= 11 is 0. The molecule has 0 fully saturated rings. The van der Waals surface area contributed by atoms with E-state index in [0.29, 0.717) is 17.6 Å². The van der Waals surface area contributed by atoms with Gasteiger partial charge in [0.2, 0.25) is 5.78 Å². The molecule has 0 atom stereocenters. The van der Waals surface area contributed by atoms with E-state index in [1.54, 1.807) is 12.1 Å². The van der Waals surface area contributed by atoms with Crippen LogP contribution in [0.3, 0.4) is 0 Å². The number of rotatable bonds is 3. The molecule has 0 amide bonds. The molecule has 1 aromatic heterocycles. The quantitative estimate of drug-likeness (QED) is 0.782. The zero-order valence-electron chi connectivity index (χ0n) is 8.57. The SMILES string of the molecule is O=C1C(CCCF)=CC(=O)c2ncccc21. The van der Waals surface area contributed by atoms with Crippen LogP contribution in [0.15, 0.2) is 30.0 Å². The van der Waals surface area contributed by atoms with Crippen molar-refractivity contribution >= 4 is 11.6 Å². The average Bonchev–Trinajstić information content (AvgIpc) is 2.32. The summed E-state index contributed by atoms with van der Waals surface area (Å²) in [5.41, 5.74) is 0.892. The molecule has 1 aliphatic rings. The molecule has 0 spiro atoms. The zero-order chi connectivity index (χ0) is 11.5. The third-order valence-electron chi connectivity index (χ3n) is 2.46. The lowest BCUT2D eigenvalue weighted by Crippen LogP contribution is -2.18. The Bertz CT molecular complexity index is 480. The van der Waals surface area contributed by atoms with Crippen LogP contribution in [-0.4, -0.2) is 23.2 Å². The molecule has 0 N–H and O–H groups in total. The molecule has 0 aromatic carbocycles. The molecule has 3 nitrogen and oxygen atoms in total. The molecule has 1 aliphatic carbocycles. The molecule has 0 unspecified atom stereocenters. The Morgan fingerprint density at radius 2 is 2.12 bits per heavy atom. The molecule has 0 radical (unpaired) electrons. The number of ketones is 2. The van der Waals surface area contributed by atoms with Crippen LogP contribution in [0.1, 0.15) is 33.7 Å². The maximum absolute atomic E-state index is 12.0. The number of aromatic nitrogens is 1. The topological polar surface area (TPSA) is 47.0 Å². The van der Waals surface area contributed by atoms with Crippen LogP contribution in [0.2, 0.25) is 0 Å². The zero-order valence-corrected chi connectivity index (χ0v) is 8.57. The van der Waals surface area contributed by atoms with E-state index < -0.39 is 6.67 Å². The molecule has 0 aliphatic heterocycles. The molecule has 1 aromatic rings. The van der Waals surface area contributed by atoms with E-state index in [0.717, 1.165) is 0 Å². The molecule has 1 heterocycles. The Balaban J connectivity index is 2.36. The molecule has 16 heavy (non-hydrogen) atoms. The van der Waals surface area contributed by atoms with Crippen molar-refractivity contribution in [2.75, 3.05) is 6.67 Å². The van der Waals surface area contributed by atoms with Crippen molar-refractivity contribution < 1.29 is 14.0 Å². The summed E-state index contributed by atoms with van der Waals surface area (Å²) < 4.78 is 12.0. The van der Waals surface area contributed by atoms with E-state index in [1.165, 1.54) is 12.3 Å². The van der Waals surface area contributed by atoms with Crippen molar-refractivity contribution in [1.82, 2.24) is 4.98 Å². The molecule has 82 valence electrons. The van der Waals surface area contributed by atoms with Gasteiger partial charge in [0.15, 0.2) is 5.78 Å². The highest BCUT2D eigenvalue weighted by atomic mass is 19.1. The van der Waals surface area contributed by atoms with Crippen molar-refractivity contribution in [1.29, 1.82) is 0 Å². The first-order chi connectivity index (χ1) is 7.74. The number of carbonyl (C=O) groups excluding carboxylic acids is 2. The van der Waals surface area contributed by atoms with Gasteiger partial charge in [-0.25, -0.2) is 0 Å². The van der Waals surface area contributed by atoms with E-state index in [9.17, 15) is 14.0 Å². The van der Waals surface area contributed by atoms with Gasteiger partial charge in [-0.15, -0.1) is 0 Å². The lowest BCUT2D eigenvalue weighted by Gasteiger charge is -2.13. The van der Waals surface area contributed by atoms with Crippen LogP contribution in [0.25, 0.3) is 0 Å². The summed E-state index contributed by atoms with van der Waals surface area (Å²) in [6.45, 7) is -0.487. The second-order valence-corrected chi connectivity index (χ2v) is 3.56. The summed E-state index contributed by atoms with van der Waals surface area (Å²) in [5.74, 6) is -0.486. The van der Waals surface area contributed by atoms with Crippen LogP contribution in [-0.2, 0) is 0 Å². The average molecular weight is 219 g/mol. The minimum atomic E-state index is -0.487. The highest BCUT2D eigenvalue weighted by molar-refractivity contribution is 6.23. The largest absolute Gasteiger partial charge is 0.289 e. The Morgan fingerprint density at radius 1 is 1.31 bits per heavy atom. The van der Waals surface area contributed by atoms with Gasteiger partial charge in [0.25, 0.3) is 0 Å². The van der Waals surface area contributed by atoms with Gasteiger partial charge in [0, 0.05) is 11.8 Å². The van der Waals surface area contributed by atoms with E-state index in [-0.39, 0.29) is 23.7 Å². The predicted molar refractivity (Wildman–Crippen MR) is 56.2 cm³/mol. The third kappa shape index (κ3) is 1.78. The second-order valence-electron chi connectivity index (χ2n) is 3.56. The van der Waals surface area contributed by atoms with E-state index in [4.69, 9.17) is 0 Å². The molecule has 0 saturated carbocycles. The molecule has 0 saturated heterocycles. The van der Waals surface area contributed by atoms with Gasteiger partial charge in [-0.3, -0.25) is 19.0 Å². The van der Waals surface area contributed by atoms with Crippen LogP contribution >= 0.6 is 0 Å². The fraction of sp³-hybridized carbons (Fsp3) is 0.250. The molecule has 2 rings (SSSR count). The number of halogens is 1. The highest BCUT2D eigenvalue weighted by Crippen LogP contribution is 2.22. The Labute approximate surface area is 92.0 Å². The predicted octanol–water partition coefficient (Wildman–Crippen LogP) is 2.14. The molecule has 0 bridgehead atoms. The maximum Gasteiger partial charge on any atom is 0.205 e. The number of hydrogen-bond acceptors (Lipinski definition) is 3. The van der Waals surface area contributed by atoms with Gasteiger partial charge in [-0.2, -0.15) is 0 Å². The van der Waals surface area contributed by atoms with Gasteiger partial charge in [-0.05, 0) is 31.1 Å². The maximum atomic E-state index is 12.0. The van der Waals surface area contributed by atoms with Crippen molar-refractivity contribution in [2.24, 2.45) is 0 Å². The second kappa shape index (κ2) is 4.35. The number of Topliss-reactive ketones (excluding diaryl/α,β-unsaturated/α-hetero) is 1. The number of alkyl halides is 1. The van der Waals surface area contributed by atoms with Crippen LogP contribution in [0.4, 0.5) is 4.39 Å². The number of allylic oxidation sites excluding steroid dienone is 2. The third-order valence-corrected chi connectivity index (χ3v) is 2.46. The fourth-order valence-electron chi connectivity index (χ4n) is 1.69. The number of pyridine rings is 1. The summed E-state index contributed by atoms with van der Waals surface area (Å²) in [6, 6.07) is 3.19. The van der Waals surface area contributed by atoms with E-state index >= 15 is 0 Å². The van der Waals surface area contributed by atoms with Crippen molar-refractivity contribution in [2.45, 2.75) is 12.8 Å². The van der Waals surface area contributed by atoms with Gasteiger partial charge >= 0.3 is 0 Å². The number of nitrogens with zero attached hydrogens (tertiary/aromatic N) is 1. The number of fused-ring (bicyclic) bond motifs is 1. The minimum absolute atomic E-state index is 0.191. The standard InChI is InChI=1S/C12H10FNO2/c13-5-1-3-8-7-10(15)11-9(12(8)16)4-2-6-14-11/h2,4,6-7H,1,3,5H2. The fourth-order valence-corrected chi connectivity index (χ4v) is 1.69. The van der Waals surface area contributed by atoms with Crippen LogP contribution in [0, 0.1) is 0 Å². The van der Waals surface area contributed by atoms with E-state index in [2.05, 4.69) is 4.98 Å². The first-order valence-electron chi connectivity index (χ1n) is 5.04. The van der Waals surface area contributed by atoms with Gasteiger partial charge in [-0.1, -0.05) is 0 Å². The first kappa shape index (κ1) is 10.7. The Morgan fingerprint density at radius 3 is 2.88 bits per heavy atom. The number of carbonyl (C=O) groups is 2. The Hall–Kier alpha value is -1.84. The molecular formula is C12H10FNO2. The summed E-state index contributed by atoms with van der Waals surface area (Å²) in [5, 5.41) is 0. The lowest BCUT2D eigenvalue weighted by atomic mass is 9.91. The van der Waals surface area contributed by atoms with Crippen LogP contribution in [0.5, 0.6) is 0 Å². The van der Waals surface area contributed by atoms with Gasteiger partial charge in [0.1, 0.15) is 5.69 Å². The summed E-state index contributed by atoms with van der Waals surface area (Å²) in [6.07, 6.45) is 3.31. The van der Waals surface area contributed by atoms with Gasteiger partial charge < -0.3 is 0 Å². The van der Waals surface area contributed by atoms with Gasteiger partial charge in [0.05, 0.1) is 12.2 Å². The van der Waals surface area contributed by atoms with Crippen LogP contribution < -0.4 is 0 Å². The molecular weight excluding hydrogens is 209 g/mol. The first-order valence-corrected chi connectivity index (χ1v) is 5.04. The monoisotopic (exact) mass is 219 g/mol. The van der Waals surface area contributed by atoms with Crippen molar-refractivity contribution in [3.05, 3.63) is 41.2 Å².